The third-order valence-corrected chi connectivity index (χ3v) is 4.52. The van der Waals surface area contributed by atoms with Crippen LogP contribution in [-0.2, 0) is 4.79 Å². The van der Waals surface area contributed by atoms with E-state index in [1.165, 1.54) is 19.4 Å². The van der Waals surface area contributed by atoms with Gasteiger partial charge in [0.15, 0.2) is 0 Å². The molecule has 3 rings (SSSR count). The molecule has 1 aliphatic carbocycles. The van der Waals surface area contributed by atoms with Crippen LogP contribution in [0.2, 0.25) is 0 Å². The molecular formula is C13H23N3O. The topological polar surface area (TPSA) is 35.6 Å². The Morgan fingerprint density at radius 1 is 1.06 bits per heavy atom. The van der Waals surface area contributed by atoms with Gasteiger partial charge in [0.25, 0.3) is 0 Å². The highest BCUT2D eigenvalue weighted by Crippen LogP contribution is 2.30. The van der Waals surface area contributed by atoms with Crippen molar-refractivity contribution in [3.8, 4) is 0 Å². The first-order chi connectivity index (χ1) is 8.34. The zero-order valence-electron chi connectivity index (χ0n) is 10.5. The standard InChI is InChI=1S/C13H23N3O/c17-13(11-3-1-4-11)16-9-12(10-16)15-7-2-5-14-6-8-15/h11-12,14H,1-10H2. The number of amides is 1. The molecule has 0 radical (unpaired) electrons. The zero-order chi connectivity index (χ0) is 11.7. The first kappa shape index (κ1) is 11.5. The van der Waals surface area contributed by atoms with Gasteiger partial charge in [-0.25, -0.2) is 0 Å². The van der Waals surface area contributed by atoms with Crippen LogP contribution in [0.5, 0.6) is 0 Å². The van der Waals surface area contributed by atoms with Crippen LogP contribution in [0.15, 0.2) is 0 Å². The van der Waals surface area contributed by atoms with Crippen LogP contribution < -0.4 is 5.32 Å². The summed E-state index contributed by atoms with van der Waals surface area (Å²) in [6, 6.07) is 0.638. The van der Waals surface area contributed by atoms with Crippen LogP contribution in [0.1, 0.15) is 25.7 Å². The fourth-order valence-electron chi connectivity index (χ4n) is 3.01. The summed E-state index contributed by atoms with van der Waals surface area (Å²) in [4.78, 5) is 16.6. The molecule has 0 bridgehead atoms. The smallest absolute Gasteiger partial charge is 0.225 e. The summed E-state index contributed by atoms with van der Waals surface area (Å²) in [6.07, 6.45) is 4.76. The summed E-state index contributed by atoms with van der Waals surface area (Å²) in [5, 5.41) is 3.43. The van der Waals surface area contributed by atoms with Gasteiger partial charge in [0, 0.05) is 38.1 Å². The molecule has 4 heteroatoms. The van der Waals surface area contributed by atoms with Crippen molar-refractivity contribution in [3.63, 3.8) is 0 Å². The van der Waals surface area contributed by atoms with Gasteiger partial charge in [-0.1, -0.05) is 6.42 Å². The number of likely N-dealkylation sites (tertiary alicyclic amines) is 1. The summed E-state index contributed by atoms with van der Waals surface area (Å²) in [5.74, 6) is 0.808. The van der Waals surface area contributed by atoms with E-state index in [2.05, 4.69) is 15.1 Å². The first-order valence-electron chi connectivity index (χ1n) is 7.08. The van der Waals surface area contributed by atoms with Crippen molar-refractivity contribution in [1.82, 2.24) is 15.1 Å². The number of nitrogens with one attached hydrogen (secondary N) is 1. The van der Waals surface area contributed by atoms with Crippen LogP contribution >= 0.6 is 0 Å². The molecule has 2 aliphatic heterocycles. The lowest BCUT2D eigenvalue weighted by Crippen LogP contribution is -2.62. The molecule has 2 saturated heterocycles. The number of nitrogens with zero attached hydrogens (tertiary/aromatic N) is 2. The fraction of sp³-hybridized carbons (Fsp3) is 0.923. The number of carbonyl (C=O) groups excluding carboxylic acids is 1. The zero-order valence-corrected chi connectivity index (χ0v) is 10.5. The molecule has 0 aromatic carbocycles. The molecule has 1 N–H and O–H groups in total. The van der Waals surface area contributed by atoms with Gasteiger partial charge in [-0.15, -0.1) is 0 Å². The Morgan fingerprint density at radius 2 is 1.88 bits per heavy atom. The lowest BCUT2D eigenvalue weighted by Gasteiger charge is -2.47. The van der Waals surface area contributed by atoms with Gasteiger partial charge in [0.2, 0.25) is 5.91 Å². The Balaban J connectivity index is 1.45. The minimum absolute atomic E-state index is 0.377. The summed E-state index contributed by atoms with van der Waals surface area (Å²) in [5.41, 5.74) is 0. The van der Waals surface area contributed by atoms with E-state index in [0.29, 0.717) is 17.9 Å². The van der Waals surface area contributed by atoms with E-state index in [0.717, 1.165) is 45.6 Å². The third-order valence-electron chi connectivity index (χ3n) is 4.52. The summed E-state index contributed by atoms with van der Waals surface area (Å²) in [6.45, 7) is 6.56. The average Bonchev–Trinajstić information content (AvgIpc) is 2.41. The van der Waals surface area contributed by atoms with Gasteiger partial charge >= 0.3 is 0 Å². The van der Waals surface area contributed by atoms with E-state index in [4.69, 9.17) is 0 Å². The van der Waals surface area contributed by atoms with Crippen molar-refractivity contribution in [3.05, 3.63) is 0 Å². The SMILES string of the molecule is O=C(C1CCC1)N1CC(N2CCCNCC2)C1. The predicted molar refractivity (Wildman–Crippen MR) is 66.8 cm³/mol. The second-order valence-corrected chi connectivity index (χ2v) is 5.66. The van der Waals surface area contributed by atoms with Crippen molar-refractivity contribution in [2.45, 2.75) is 31.7 Å². The van der Waals surface area contributed by atoms with Crippen LogP contribution in [0, 0.1) is 5.92 Å². The van der Waals surface area contributed by atoms with Crippen LogP contribution in [0.25, 0.3) is 0 Å². The summed E-state index contributed by atoms with van der Waals surface area (Å²) < 4.78 is 0. The summed E-state index contributed by atoms with van der Waals surface area (Å²) >= 11 is 0. The predicted octanol–water partition coefficient (Wildman–Crippen LogP) is 0.293. The normalized spacial score (nSPS) is 28.4. The Labute approximate surface area is 103 Å². The van der Waals surface area contributed by atoms with Crippen molar-refractivity contribution >= 4 is 5.91 Å². The summed E-state index contributed by atoms with van der Waals surface area (Å²) in [7, 11) is 0. The van der Waals surface area contributed by atoms with Gasteiger partial charge < -0.3 is 10.2 Å². The van der Waals surface area contributed by atoms with Crippen LogP contribution in [-0.4, -0.2) is 61.0 Å². The minimum atomic E-state index is 0.377. The second-order valence-electron chi connectivity index (χ2n) is 5.66. The van der Waals surface area contributed by atoms with E-state index in [1.807, 2.05) is 0 Å². The van der Waals surface area contributed by atoms with Crippen LogP contribution in [0.3, 0.4) is 0 Å². The molecule has 2 heterocycles. The van der Waals surface area contributed by atoms with Crippen LogP contribution in [0.4, 0.5) is 0 Å². The molecule has 0 spiro atoms. The molecule has 0 aromatic heterocycles. The molecule has 1 amide bonds. The van der Waals surface area contributed by atoms with E-state index in [-0.39, 0.29) is 0 Å². The number of hydrogen-bond acceptors (Lipinski definition) is 3. The molecule has 3 aliphatic rings. The van der Waals surface area contributed by atoms with Gasteiger partial charge in [-0.05, 0) is 32.4 Å². The van der Waals surface area contributed by atoms with Crippen molar-refractivity contribution in [2.24, 2.45) is 5.92 Å². The van der Waals surface area contributed by atoms with Gasteiger partial charge in [0.05, 0.1) is 0 Å². The Morgan fingerprint density at radius 3 is 2.59 bits per heavy atom. The fourth-order valence-corrected chi connectivity index (χ4v) is 3.01. The average molecular weight is 237 g/mol. The molecule has 0 unspecified atom stereocenters. The quantitative estimate of drug-likeness (QED) is 0.750. The largest absolute Gasteiger partial charge is 0.339 e. The number of carbonyl (C=O) groups is 1. The van der Waals surface area contributed by atoms with Crippen molar-refractivity contribution < 1.29 is 4.79 Å². The molecule has 4 nitrogen and oxygen atoms in total. The Kier molecular flexibility index (Phi) is 3.34. The molecular weight excluding hydrogens is 214 g/mol. The van der Waals surface area contributed by atoms with Gasteiger partial charge in [0.1, 0.15) is 0 Å². The van der Waals surface area contributed by atoms with Crippen molar-refractivity contribution in [2.75, 3.05) is 39.3 Å². The number of hydrogen-bond donors (Lipinski definition) is 1. The molecule has 96 valence electrons. The minimum Gasteiger partial charge on any atom is -0.339 e. The molecule has 17 heavy (non-hydrogen) atoms. The molecule has 0 atom stereocenters. The maximum atomic E-state index is 12.0. The Hall–Kier alpha value is -0.610. The second kappa shape index (κ2) is 4.94. The van der Waals surface area contributed by atoms with E-state index in [9.17, 15) is 4.79 Å². The van der Waals surface area contributed by atoms with E-state index < -0.39 is 0 Å². The van der Waals surface area contributed by atoms with Gasteiger partial charge in [-0.3, -0.25) is 9.69 Å². The highest BCUT2D eigenvalue weighted by atomic mass is 16.2. The highest BCUT2D eigenvalue weighted by Gasteiger charge is 2.38. The monoisotopic (exact) mass is 237 g/mol. The maximum Gasteiger partial charge on any atom is 0.225 e. The number of rotatable bonds is 2. The van der Waals surface area contributed by atoms with E-state index >= 15 is 0 Å². The Bertz CT molecular complexity index is 276. The first-order valence-corrected chi connectivity index (χ1v) is 7.08. The molecule has 3 fully saturated rings. The molecule has 0 aromatic rings. The lowest BCUT2D eigenvalue weighted by atomic mass is 9.83. The third kappa shape index (κ3) is 2.33. The molecule has 1 saturated carbocycles. The van der Waals surface area contributed by atoms with Crippen molar-refractivity contribution in [1.29, 1.82) is 0 Å². The highest BCUT2D eigenvalue weighted by molar-refractivity contribution is 5.80. The van der Waals surface area contributed by atoms with Gasteiger partial charge in [-0.2, -0.15) is 0 Å². The lowest BCUT2D eigenvalue weighted by molar-refractivity contribution is -0.145. The maximum absolute atomic E-state index is 12.0. The van der Waals surface area contributed by atoms with E-state index in [1.54, 1.807) is 0 Å².